The van der Waals surface area contributed by atoms with Gasteiger partial charge < -0.3 is 0 Å². The maximum atomic E-state index is 4.62. The van der Waals surface area contributed by atoms with Crippen LogP contribution in [0.5, 0.6) is 0 Å². The Morgan fingerprint density at radius 3 is 1.05 bits per heavy atom. The third-order valence-electron chi connectivity index (χ3n) is 2.50. The third kappa shape index (κ3) is 4.40. The van der Waals surface area contributed by atoms with E-state index in [9.17, 15) is 0 Å². The Balaban J connectivity index is 2.54. The van der Waals surface area contributed by atoms with Gasteiger partial charge in [0.15, 0.2) is 0 Å². The van der Waals surface area contributed by atoms with Gasteiger partial charge in [0, 0.05) is 27.7 Å². The molecule has 2 aromatic carbocycles. The van der Waals surface area contributed by atoms with Crippen LogP contribution < -0.4 is 0 Å². The van der Waals surface area contributed by atoms with Crippen LogP contribution in [0.25, 0.3) is 9.81 Å². The fourth-order valence-corrected chi connectivity index (χ4v) is 4.76. The SMILES string of the molecule is S/C(=C(\S)c1cc(Br)cc(Br)c1)c1cc(Br)cc(Br)c1. The Morgan fingerprint density at radius 2 is 0.800 bits per heavy atom. The topological polar surface area (TPSA) is 0 Å². The maximum absolute atomic E-state index is 4.62. The molecule has 20 heavy (non-hydrogen) atoms. The van der Waals surface area contributed by atoms with Crippen LogP contribution in [0, 0.1) is 0 Å². The van der Waals surface area contributed by atoms with Gasteiger partial charge in [0.1, 0.15) is 0 Å². The Hall–Kier alpha value is 0.800. The Morgan fingerprint density at radius 1 is 0.550 bits per heavy atom. The van der Waals surface area contributed by atoms with Crippen LogP contribution in [-0.2, 0) is 0 Å². The summed E-state index contributed by atoms with van der Waals surface area (Å²) in [5.41, 5.74) is 1.99. The van der Waals surface area contributed by atoms with Crippen LogP contribution in [0.15, 0.2) is 54.3 Å². The molecule has 0 N–H and O–H groups in total. The predicted molar refractivity (Wildman–Crippen MR) is 108 cm³/mol. The molecule has 0 aromatic heterocycles. The molecular weight excluding hydrogens is 552 g/mol. The highest BCUT2D eigenvalue weighted by atomic mass is 79.9. The van der Waals surface area contributed by atoms with Crippen LogP contribution in [0.3, 0.4) is 0 Å². The fraction of sp³-hybridized carbons (Fsp3) is 0. The van der Waals surface area contributed by atoms with Gasteiger partial charge in [-0.1, -0.05) is 63.7 Å². The van der Waals surface area contributed by atoms with E-state index in [1.165, 1.54) is 0 Å². The van der Waals surface area contributed by atoms with Gasteiger partial charge in [-0.05, 0) is 47.5 Å². The first-order valence-corrected chi connectivity index (χ1v) is 9.48. The average molecular weight is 560 g/mol. The van der Waals surface area contributed by atoms with E-state index in [2.05, 4.69) is 89.0 Å². The molecule has 104 valence electrons. The summed E-state index contributed by atoms with van der Waals surface area (Å²) in [5, 5.41) is 0. The van der Waals surface area contributed by atoms with Gasteiger partial charge in [-0.2, -0.15) is 0 Å². The van der Waals surface area contributed by atoms with Crippen molar-refractivity contribution in [3.8, 4) is 0 Å². The van der Waals surface area contributed by atoms with Crippen molar-refractivity contribution in [3.05, 3.63) is 65.4 Å². The lowest BCUT2D eigenvalue weighted by Crippen LogP contribution is -1.85. The van der Waals surface area contributed by atoms with Gasteiger partial charge in [-0.25, -0.2) is 0 Å². The van der Waals surface area contributed by atoms with E-state index in [0.717, 1.165) is 38.8 Å². The van der Waals surface area contributed by atoms with E-state index in [1.54, 1.807) is 0 Å². The lowest BCUT2D eigenvalue weighted by molar-refractivity contribution is 1.55. The van der Waals surface area contributed by atoms with Gasteiger partial charge in [-0.15, -0.1) is 25.3 Å². The van der Waals surface area contributed by atoms with Gasteiger partial charge in [0.25, 0.3) is 0 Å². The summed E-state index contributed by atoms with van der Waals surface area (Å²) in [4.78, 5) is 1.64. The van der Waals surface area contributed by atoms with Gasteiger partial charge in [0.2, 0.25) is 0 Å². The first kappa shape index (κ1) is 17.2. The molecule has 0 unspecified atom stereocenters. The number of halogens is 4. The van der Waals surface area contributed by atoms with E-state index in [-0.39, 0.29) is 0 Å². The lowest BCUT2D eigenvalue weighted by Gasteiger charge is -2.09. The largest absolute Gasteiger partial charge is 0.142 e. The Kier molecular flexibility index (Phi) is 6.33. The van der Waals surface area contributed by atoms with Crippen molar-refractivity contribution >= 4 is 98.8 Å². The van der Waals surface area contributed by atoms with Crippen LogP contribution in [0.2, 0.25) is 0 Å². The fourth-order valence-electron chi connectivity index (χ4n) is 1.65. The number of thiol groups is 2. The van der Waals surface area contributed by atoms with Crippen LogP contribution in [0.1, 0.15) is 11.1 Å². The molecule has 0 aliphatic carbocycles. The Labute approximate surface area is 162 Å². The summed E-state index contributed by atoms with van der Waals surface area (Å²) in [5.74, 6) is 0. The van der Waals surface area contributed by atoms with Crippen molar-refractivity contribution in [3.63, 3.8) is 0 Å². The zero-order valence-electron chi connectivity index (χ0n) is 9.87. The first-order valence-electron chi connectivity index (χ1n) is 5.42. The second-order valence-corrected chi connectivity index (χ2v) is 8.57. The molecular formula is C14H8Br4S2. The number of hydrogen-bond acceptors (Lipinski definition) is 2. The zero-order chi connectivity index (χ0) is 14.9. The summed E-state index contributed by atoms with van der Waals surface area (Å²) in [6.45, 7) is 0. The minimum absolute atomic E-state index is 0.820. The third-order valence-corrected chi connectivity index (χ3v) is 5.47. The zero-order valence-corrected chi connectivity index (χ0v) is 18.0. The highest BCUT2D eigenvalue weighted by molar-refractivity contribution is 9.11. The second-order valence-electron chi connectivity index (χ2n) is 4.01. The molecule has 0 aliphatic rings. The molecule has 0 nitrogen and oxygen atoms in total. The molecule has 0 bridgehead atoms. The Bertz CT molecular complexity index is 596. The van der Waals surface area contributed by atoms with E-state index < -0.39 is 0 Å². The van der Waals surface area contributed by atoms with Crippen LogP contribution >= 0.6 is 89.0 Å². The van der Waals surface area contributed by atoms with Crippen molar-refractivity contribution < 1.29 is 0 Å². The van der Waals surface area contributed by atoms with Gasteiger partial charge in [-0.3, -0.25) is 0 Å². The summed E-state index contributed by atoms with van der Waals surface area (Å²) in [6.07, 6.45) is 0. The van der Waals surface area contributed by atoms with Gasteiger partial charge in [0.05, 0.1) is 0 Å². The summed E-state index contributed by atoms with van der Waals surface area (Å²) in [7, 11) is 0. The second kappa shape index (κ2) is 7.38. The van der Waals surface area contributed by atoms with Crippen LogP contribution in [-0.4, -0.2) is 0 Å². The molecule has 0 saturated heterocycles. The molecule has 2 aromatic rings. The van der Waals surface area contributed by atoms with E-state index in [4.69, 9.17) is 0 Å². The van der Waals surface area contributed by atoms with E-state index in [1.807, 2.05) is 36.4 Å². The first-order chi connectivity index (χ1) is 9.36. The number of rotatable bonds is 2. The minimum atomic E-state index is 0.820. The van der Waals surface area contributed by atoms with Crippen molar-refractivity contribution in [1.29, 1.82) is 0 Å². The molecule has 0 radical (unpaired) electrons. The summed E-state index contributed by atoms with van der Waals surface area (Å²) < 4.78 is 3.96. The van der Waals surface area contributed by atoms with E-state index in [0.29, 0.717) is 0 Å². The standard InChI is InChI=1S/C14H8Br4S2/c15-9-1-7(2-10(16)5-9)13(19)14(20)8-3-11(17)6-12(18)4-8/h1-6,19-20H/b14-13-. The normalized spacial score (nSPS) is 12.3. The monoisotopic (exact) mass is 556 g/mol. The molecule has 0 saturated carbocycles. The van der Waals surface area contributed by atoms with E-state index >= 15 is 0 Å². The molecule has 2 rings (SSSR count). The molecule has 0 heterocycles. The smallest absolute Gasteiger partial charge is 0.0253 e. The van der Waals surface area contributed by atoms with Gasteiger partial charge >= 0.3 is 0 Å². The maximum Gasteiger partial charge on any atom is 0.0253 e. The quantitative estimate of drug-likeness (QED) is 0.278. The van der Waals surface area contributed by atoms with Crippen molar-refractivity contribution in [2.45, 2.75) is 0 Å². The molecule has 0 atom stereocenters. The molecule has 0 aliphatic heterocycles. The predicted octanol–water partition coefficient (Wildman–Crippen LogP) is 7.42. The van der Waals surface area contributed by atoms with Crippen molar-refractivity contribution in [1.82, 2.24) is 0 Å². The molecule has 0 fully saturated rings. The number of hydrogen-bond donors (Lipinski definition) is 2. The average Bonchev–Trinajstić information content (AvgIpc) is 2.34. The highest BCUT2D eigenvalue weighted by Crippen LogP contribution is 2.36. The number of benzene rings is 2. The lowest BCUT2D eigenvalue weighted by atomic mass is 10.1. The van der Waals surface area contributed by atoms with Crippen LogP contribution in [0.4, 0.5) is 0 Å². The highest BCUT2D eigenvalue weighted by Gasteiger charge is 2.08. The van der Waals surface area contributed by atoms with Crippen molar-refractivity contribution in [2.24, 2.45) is 0 Å². The minimum Gasteiger partial charge on any atom is -0.142 e. The molecule has 0 amide bonds. The van der Waals surface area contributed by atoms with Crippen molar-refractivity contribution in [2.75, 3.05) is 0 Å². The summed E-state index contributed by atoms with van der Waals surface area (Å²) >= 11 is 23.2. The molecule has 6 heteroatoms. The molecule has 0 spiro atoms. The summed E-state index contributed by atoms with van der Waals surface area (Å²) in [6, 6.07) is 12.0.